The molecule has 6 rings (SSSR count). The number of nitrogens with zero attached hydrogens (tertiary/aromatic N) is 5. The molecule has 3 aromatic heterocycles. The first-order chi connectivity index (χ1) is 21.5. The number of aromatic nitrogens is 3. The van der Waals surface area contributed by atoms with Crippen molar-refractivity contribution < 1.29 is 32.2 Å². The van der Waals surface area contributed by atoms with Crippen molar-refractivity contribution in [3.63, 3.8) is 0 Å². The van der Waals surface area contributed by atoms with Crippen molar-refractivity contribution in [2.24, 2.45) is 0 Å². The van der Waals surface area contributed by atoms with Gasteiger partial charge in [-0.05, 0) is 42.4 Å². The number of nitrogens with one attached hydrogen (secondary N) is 2. The summed E-state index contributed by atoms with van der Waals surface area (Å²) in [6, 6.07) is 6.58. The summed E-state index contributed by atoms with van der Waals surface area (Å²) in [6.07, 6.45) is -2.10. The highest BCUT2D eigenvalue weighted by atomic mass is 19.4. The molecule has 0 saturated carbocycles. The first-order valence-corrected chi connectivity index (χ1v) is 14.6. The molecule has 5 heterocycles. The van der Waals surface area contributed by atoms with Gasteiger partial charge in [-0.2, -0.15) is 13.2 Å². The van der Waals surface area contributed by atoms with Gasteiger partial charge in [-0.15, -0.1) is 0 Å². The van der Waals surface area contributed by atoms with E-state index >= 15 is 0 Å². The van der Waals surface area contributed by atoms with Crippen molar-refractivity contribution in [3.05, 3.63) is 76.6 Å². The van der Waals surface area contributed by atoms with E-state index in [1.807, 2.05) is 18.9 Å². The van der Waals surface area contributed by atoms with E-state index in [-0.39, 0.29) is 48.4 Å². The van der Waals surface area contributed by atoms with E-state index in [1.54, 1.807) is 12.1 Å². The van der Waals surface area contributed by atoms with E-state index < -0.39 is 23.6 Å². The molecule has 1 fully saturated rings. The quantitative estimate of drug-likeness (QED) is 0.249. The number of ether oxygens (including phenoxy) is 1. The van der Waals surface area contributed by atoms with Gasteiger partial charge in [-0.3, -0.25) is 9.88 Å². The molecule has 10 nitrogen and oxygen atoms in total. The van der Waals surface area contributed by atoms with E-state index in [9.17, 15) is 27.5 Å². The fraction of sp³-hybridized carbons (Fsp3) is 0.387. The van der Waals surface area contributed by atoms with Gasteiger partial charge in [-0.1, -0.05) is 13.0 Å². The molecule has 2 amide bonds. The number of fused-ring (bicyclic) bond motifs is 2. The van der Waals surface area contributed by atoms with Crippen LogP contribution in [0.3, 0.4) is 0 Å². The highest BCUT2D eigenvalue weighted by molar-refractivity contribution is 5.89. The number of alkyl halides is 3. The standard InChI is InChI=1S/C31H33F4N7O3/c1-18-14-42(30(44)39-21-4-3-19(25(11-21)31(33,34)35)15-41-7-5-40(2)6-8-41)16-20-9-23(12-36-27(18)20)45-28-24-10-22(17-43)38-29(24)37-13-26(28)32/h3-4,9-13,18,43H,5-8,14-17H2,1-2H3,(H,37,38)(H,39,44)/t18-/m0/s1. The number of hydrogen-bond acceptors (Lipinski definition) is 7. The molecule has 0 bridgehead atoms. The van der Waals surface area contributed by atoms with Crippen LogP contribution >= 0.6 is 0 Å². The number of hydrogen-bond donors (Lipinski definition) is 3. The number of piperazine rings is 1. The second kappa shape index (κ2) is 12.3. The molecule has 0 radical (unpaired) electrons. The smallest absolute Gasteiger partial charge is 0.416 e. The van der Waals surface area contributed by atoms with Crippen LogP contribution in [0.1, 0.15) is 40.9 Å². The third-order valence-corrected chi connectivity index (χ3v) is 8.25. The zero-order valence-corrected chi connectivity index (χ0v) is 24.8. The molecule has 4 aromatic rings. The van der Waals surface area contributed by atoms with Gasteiger partial charge >= 0.3 is 12.2 Å². The number of anilines is 1. The van der Waals surface area contributed by atoms with Crippen LogP contribution in [0, 0.1) is 5.82 Å². The molecule has 238 valence electrons. The Bertz CT molecular complexity index is 1720. The number of H-pyrrole nitrogens is 1. The van der Waals surface area contributed by atoms with Crippen molar-refractivity contribution in [1.82, 2.24) is 29.7 Å². The minimum Gasteiger partial charge on any atom is -0.452 e. The SMILES string of the molecule is C[C@H]1CN(C(=O)Nc2ccc(CN3CCN(C)CC3)c(C(F)(F)F)c2)Cc2cc(Oc3c(F)cnc4[nH]c(CO)cc34)cnc21. The van der Waals surface area contributed by atoms with Gasteiger partial charge in [0.1, 0.15) is 11.4 Å². The molecule has 3 N–H and O–H groups in total. The molecule has 0 unspecified atom stereocenters. The summed E-state index contributed by atoms with van der Waals surface area (Å²) in [5.74, 6) is -0.739. The Hall–Kier alpha value is -4.27. The molecule has 45 heavy (non-hydrogen) atoms. The maximum absolute atomic E-state index is 14.7. The second-order valence-corrected chi connectivity index (χ2v) is 11.6. The van der Waals surface area contributed by atoms with E-state index in [1.165, 1.54) is 23.2 Å². The largest absolute Gasteiger partial charge is 0.452 e. The van der Waals surface area contributed by atoms with Gasteiger partial charge in [0.15, 0.2) is 11.6 Å². The zero-order valence-electron chi connectivity index (χ0n) is 24.8. The first-order valence-electron chi connectivity index (χ1n) is 14.6. The average Bonchev–Trinajstić information content (AvgIpc) is 3.44. The summed E-state index contributed by atoms with van der Waals surface area (Å²) in [5, 5.41) is 12.4. The van der Waals surface area contributed by atoms with Crippen LogP contribution < -0.4 is 10.1 Å². The molecule has 1 aromatic carbocycles. The molecule has 0 spiro atoms. The summed E-state index contributed by atoms with van der Waals surface area (Å²) in [5.41, 5.74) is 1.64. The number of likely N-dealkylation sites (N-methyl/N-ethyl adjacent to an activating group) is 1. The van der Waals surface area contributed by atoms with Crippen LogP contribution in [0.25, 0.3) is 11.0 Å². The van der Waals surface area contributed by atoms with E-state index in [4.69, 9.17) is 4.74 Å². The van der Waals surface area contributed by atoms with Crippen molar-refractivity contribution >= 4 is 22.8 Å². The lowest BCUT2D eigenvalue weighted by Crippen LogP contribution is -2.44. The van der Waals surface area contributed by atoms with Gasteiger partial charge in [-0.25, -0.2) is 14.2 Å². The van der Waals surface area contributed by atoms with Crippen molar-refractivity contribution in [2.75, 3.05) is 45.1 Å². The Labute approximate surface area is 256 Å². The number of benzene rings is 1. The summed E-state index contributed by atoms with van der Waals surface area (Å²) in [7, 11) is 1.99. The Morgan fingerprint density at radius 3 is 2.64 bits per heavy atom. The van der Waals surface area contributed by atoms with Gasteiger partial charge in [0.2, 0.25) is 0 Å². The van der Waals surface area contributed by atoms with Crippen LogP contribution in [0.15, 0.2) is 42.7 Å². The van der Waals surface area contributed by atoms with Crippen LogP contribution in [-0.2, 0) is 25.9 Å². The summed E-state index contributed by atoms with van der Waals surface area (Å²) in [4.78, 5) is 30.3. The third-order valence-electron chi connectivity index (χ3n) is 8.25. The zero-order chi connectivity index (χ0) is 31.9. The molecule has 2 aliphatic rings. The highest BCUT2D eigenvalue weighted by Gasteiger charge is 2.35. The number of aromatic amines is 1. The molecular weight excluding hydrogens is 594 g/mol. The number of carbonyl (C=O) groups is 1. The van der Waals surface area contributed by atoms with Gasteiger partial charge in [0.05, 0.1) is 35.6 Å². The number of aliphatic hydroxyl groups excluding tert-OH is 1. The van der Waals surface area contributed by atoms with Crippen LogP contribution in [0.5, 0.6) is 11.5 Å². The van der Waals surface area contributed by atoms with Crippen molar-refractivity contribution in [3.8, 4) is 11.5 Å². The number of rotatable bonds is 6. The molecule has 14 heteroatoms. The lowest BCUT2D eigenvalue weighted by atomic mass is 9.96. The monoisotopic (exact) mass is 627 g/mol. The van der Waals surface area contributed by atoms with Crippen LogP contribution in [0.2, 0.25) is 0 Å². The number of pyridine rings is 2. The fourth-order valence-electron chi connectivity index (χ4n) is 5.86. The Morgan fingerprint density at radius 2 is 1.91 bits per heavy atom. The minimum atomic E-state index is -4.58. The normalized spacial score (nSPS) is 17.8. The fourth-order valence-corrected chi connectivity index (χ4v) is 5.86. The van der Waals surface area contributed by atoms with E-state index in [2.05, 4.69) is 25.2 Å². The Kier molecular flexibility index (Phi) is 8.37. The van der Waals surface area contributed by atoms with Crippen molar-refractivity contribution in [1.29, 1.82) is 0 Å². The summed E-state index contributed by atoms with van der Waals surface area (Å²) < 4.78 is 62.8. The highest BCUT2D eigenvalue weighted by Crippen LogP contribution is 2.37. The molecule has 2 aliphatic heterocycles. The molecular formula is C31H33F4N7O3. The molecule has 1 saturated heterocycles. The lowest BCUT2D eigenvalue weighted by Gasteiger charge is -2.33. The Balaban J connectivity index is 1.18. The lowest BCUT2D eigenvalue weighted by molar-refractivity contribution is -0.138. The first kappa shape index (κ1) is 30.7. The number of carbonyl (C=O) groups excluding carboxylic acids is 1. The maximum Gasteiger partial charge on any atom is 0.416 e. The molecule has 1 atom stereocenters. The van der Waals surface area contributed by atoms with Crippen LogP contribution in [0.4, 0.5) is 28.0 Å². The second-order valence-electron chi connectivity index (χ2n) is 11.6. The number of aliphatic hydroxyl groups is 1. The molecule has 0 aliphatic carbocycles. The third kappa shape index (κ3) is 6.58. The van der Waals surface area contributed by atoms with E-state index in [0.717, 1.165) is 31.0 Å². The predicted molar refractivity (Wildman–Crippen MR) is 158 cm³/mol. The van der Waals surface area contributed by atoms with Gasteiger partial charge in [0, 0.05) is 63.1 Å². The average molecular weight is 628 g/mol. The minimum absolute atomic E-state index is 0.0500. The van der Waals surface area contributed by atoms with Gasteiger partial charge < -0.3 is 29.9 Å². The van der Waals surface area contributed by atoms with E-state index in [0.29, 0.717) is 41.9 Å². The summed E-state index contributed by atoms with van der Waals surface area (Å²) in [6.45, 7) is 5.15. The maximum atomic E-state index is 14.7. The van der Waals surface area contributed by atoms with Gasteiger partial charge in [0.25, 0.3) is 0 Å². The number of halogens is 4. The van der Waals surface area contributed by atoms with Crippen molar-refractivity contribution in [2.45, 2.75) is 38.7 Å². The Morgan fingerprint density at radius 1 is 1.13 bits per heavy atom. The van der Waals surface area contributed by atoms with Crippen LogP contribution in [-0.4, -0.2) is 80.6 Å². The topological polar surface area (TPSA) is 110 Å². The number of amides is 2. The number of urea groups is 1. The predicted octanol–water partition coefficient (Wildman–Crippen LogP) is 5.30. The summed E-state index contributed by atoms with van der Waals surface area (Å²) >= 11 is 0.